The molecule has 0 spiro atoms. The second-order valence-corrected chi connectivity index (χ2v) is 11.0. The topological polar surface area (TPSA) is 105 Å². The summed E-state index contributed by atoms with van der Waals surface area (Å²) < 4.78 is 7.08. The van der Waals surface area contributed by atoms with E-state index in [4.69, 9.17) is 4.52 Å². The Morgan fingerprint density at radius 1 is 1.13 bits per heavy atom. The molecule has 1 unspecified atom stereocenters. The van der Waals surface area contributed by atoms with E-state index in [1.54, 1.807) is 29.1 Å². The minimum absolute atomic E-state index is 0.199. The average molecular weight is 515 g/mol. The van der Waals surface area contributed by atoms with Crippen LogP contribution >= 0.6 is 0 Å². The number of hydrogen-bond acceptors (Lipinski definition) is 8. The zero-order valence-corrected chi connectivity index (χ0v) is 22.8. The summed E-state index contributed by atoms with van der Waals surface area (Å²) in [5.74, 6) is 0.805. The van der Waals surface area contributed by atoms with Crippen molar-refractivity contribution in [3.8, 4) is 16.9 Å². The van der Waals surface area contributed by atoms with Crippen LogP contribution in [0.1, 0.15) is 49.4 Å². The molecule has 1 aliphatic rings. The molecule has 10 nitrogen and oxygen atoms in total. The monoisotopic (exact) mass is 514 g/mol. The summed E-state index contributed by atoms with van der Waals surface area (Å²) in [7, 11) is 2.16. The molecule has 1 aliphatic heterocycles. The summed E-state index contributed by atoms with van der Waals surface area (Å²) in [4.78, 5) is 22.2. The predicted molar refractivity (Wildman–Crippen MR) is 147 cm³/mol. The lowest BCUT2D eigenvalue weighted by Gasteiger charge is -2.38. The maximum atomic E-state index is 13.0. The van der Waals surface area contributed by atoms with E-state index in [1.807, 2.05) is 46.2 Å². The predicted octanol–water partition coefficient (Wildman–Crippen LogP) is 4.32. The Kier molecular flexibility index (Phi) is 6.75. The Hall–Kier alpha value is -4.05. The molecule has 1 amide bonds. The van der Waals surface area contributed by atoms with Gasteiger partial charge in [0, 0.05) is 54.5 Å². The number of rotatable bonds is 5. The first kappa shape index (κ1) is 25.6. The van der Waals surface area contributed by atoms with Gasteiger partial charge < -0.3 is 19.6 Å². The first-order chi connectivity index (χ1) is 18.1. The molecule has 0 bridgehead atoms. The van der Waals surface area contributed by atoms with Crippen molar-refractivity contribution in [3.05, 3.63) is 65.8 Å². The molecule has 198 valence electrons. The molecule has 3 aromatic heterocycles. The number of piperazine rings is 1. The van der Waals surface area contributed by atoms with E-state index in [-0.39, 0.29) is 11.3 Å². The lowest BCUT2D eigenvalue weighted by atomic mass is 9.93. The van der Waals surface area contributed by atoms with Crippen molar-refractivity contribution in [1.82, 2.24) is 30.0 Å². The lowest BCUT2D eigenvalue weighted by Crippen LogP contribution is -2.50. The number of amides is 1. The molecule has 4 heterocycles. The van der Waals surface area contributed by atoms with Crippen LogP contribution < -0.4 is 10.2 Å². The van der Waals surface area contributed by atoms with Gasteiger partial charge in [0.1, 0.15) is 11.5 Å². The molecule has 1 saturated heterocycles. The number of nitrogens with one attached hydrogen (secondary N) is 1. The Morgan fingerprint density at radius 3 is 2.68 bits per heavy atom. The highest BCUT2D eigenvalue weighted by molar-refractivity contribution is 6.04. The molecule has 0 aliphatic carbocycles. The molecule has 0 saturated carbocycles. The minimum Gasteiger partial charge on any atom is -0.367 e. The first-order valence-electron chi connectivity index (χ1n) is 12.8. The highest BCUT2D eigenvalue weighted by Crippen LogP contribution is 2.26. The van der Waals surface area contributed by atoms with Gasteiger partial charge in [-0.15, -0.1) is 5.10 Å². The Labute approximate surface area is 222 Å². The fourth-order valence-corrected chi connectivity index (χ4v) is 4.41. The van der Waals surface area contributed by atoms with Gasteiger partial charge in [-0.2, -0.15) is 0 Å². The molecule has 10 heteroatoms. The number of aryl methyl sites for hydroxylation is 1. The van der Waals surface area contributed by atoms with Gasteiger partial charge in [-0.1, -0.05) is 37.2 Å². The Bertz CT molecular complexity index is 1450. The molecule has 1 aromatic carbocycles. The van der Waals surface area contributed by atoms with E-state index >= 15 is 0 Å². The van der Waals surface area contributed by atoms with Crippen molar-refractivity contribution in [2.75, 3.05) is 36.9 Å². The van der Waals surface area contributed by atoms with Crippen LogP contribution in [0, 0.1) is 6.92 Å². The summed E-state index contributed by atoms with van der Waals surface area (Å²) >= 11 is 0. The van der Waals surface area contributed by atoms with Crippen molar-refractivity contribution in [2.45, 2.75) is 46.1 Å². The van der Waals surface area contributed by atoms with Crippen LogP contribution in [0.2, 0.25) is 0 Å². The largest absolute Gasteiger partial charge is 0.367 e. The van der Waals surface area contributed by atoms with Gasteiger partial charge in [-0.3, -0.25) is 9.78 Å². The zero-order chi connectivity index (χ0) is 27.0. The smallest absolute Gasteiger partial charge is 0.256 e. The molecule has 1 fully saturated rings. The minimum atomic E-state index is -0.279. The second-order valence-electron chi connectivity index (χ2n) is 11.0. The second kappa shape index (κ2) is 10.0. The van der Waals surface area contributed by atoms with Gasteiger partial charge in [0.05, 0.1) is 23.8 Å². The van der Waals surface area contributed by atoms with E-state index in [2.05, 4.69) is 55.6 Å². The maximum Gasteiger partial charge on any atom is 0.256 e. The molecule has 0 radical (unpaired) electrons. The summed E-state index contributed by atoms with van der Waals surface area (Å²) in [6.07, 6.45) is 5.57. The van der Waals surface area contributed by atoms with Crippen LogP contribution in [-0.2, 0) is 5.41 Å². The third kappa shape index (κ3) is 5.31. The van der Waals surface area contributed by atoms with Crippen molar-refractivity contribution < 1.29 is 9.32 Å². The number of likely N-dealkylation sites (N-methyl/N-ethyl adjacent to an activating group) is 1. The highest BCUT2D eigenvalue weighted by Gasteiger charge is 2.22. The number of carbonyl (C=O) groups excluding carboxylic acids is 1. The van der Waals surface area contributed by atoms with Crippen LogP contribution in [0.15, 0.2) is 53.4 Å². The molecule has 1 N–H and O–H groups in total. The zero-order valence-electron chi connectivity index (χ0n) is 22.8. The Morgan fingerprint density at radius 2 is 1.95 bits per heavy atom. The molecular weight excluding hydrogens is 480 g/mol. The number of carbonyl (C=O) groups is 1. The van der Waals surface area contributed by atoms with E-state index < -0.39 is 0 Å². The molecule has 38 heavy (non-hydrogen) atoms. The molecule has 5 rings (SSSR count). The molecular formula is C28H34N8O2. The van der Waals surface area contributed by atoms with Crippen LogP contribution in [0.4, 0.5) is 11.5 Å². The lowest BCUT2D eigenvalue weighted by molar-refractivity contribution is 0.102. The first-order valence-corrected chi connectivity index (χ1v) is 12.8. The number of pyridine rings is 1. The van der Waals surface area contributed by atoms with Crippen molar-refractivity contribution in [3.63, 3.8) is 0 Å². The standard InChI is InChI=1S/C28H34N8O2/c1-18-7-8-20(27(37)30-26-13-25(38-32-26)28(3,4)5)12-24(18)36-17-23(31-33-36)21-11-22(15-29-14-21)35-10-9-34(6)19(2)16-35/h7-8,11-15,17,19H,9-10,16H2,1-6H3,(H,30,32,37). The van der Waals surface area contributed by atoms with Crippen LogP contribution in [0.25, 0.3) is 16.9 Å². The average Bonchev–Trinajstić information content (AvgIpc) is 3.56. The number of anilines is 2. The summed E-state index contributed by atoms with van der Waals surface area (Å²) in [5.41, 5.74) is 4.71. The van der Waals surface area contributed by atoms with Gasteiger partial charge in [0.25, 0.3) is 5.91 Å². The van der Waals surface area contributed by atoms with Crippen molar-refractivity contribution >= 4 is 17.4 Å². The van der Waals surface area contributed by atoms with Crippen LogP contribution in [-0.4, -0.2) is 68.7 Å². The van der Waals surface area contributed by atoms with E-state index in [9.17, 15) is 4.79 Å². The summed E-state index contributed by atoms with van der Waals surface area (Å²) in [6, 6.07) is 9.81. The summed E-state index contributed by atoms with van der Waals surface area (Å²) in [5, 5.41) is 15.6. The van der Waals surface area contributed by atoms with Crippen molar-refractivity contribution in [2.24, 2.45) is 0 Å². The molecule has 4 aromatic rings. The van der Waals surface area contributed by atoms with E-state index in [0.29, 0.717) is 28.9 Å². The number of benzene rings is 1. The van der Waals surface area contributed by atoms with E-state index in [0.717, 1.165) is 42.1 Å². The number of hydrogen-bond donors (Lipinski definition) is 1. The van der Waals surface area contributed by atoms with Gasteiger partial charge in [-0.25, -0.2) is 4.68 Å². The fourth-order valence-electron chi connectivity index (χ4n) is 4.41. The fraction of sp³-hybridized carbons (Fsp3) is 0.393. The Balaban J connectivity index is 1.35. The van der Waals surface area contributed by atoms with Crippen molar-refractivity contribution in [1.29, 1.82) is 0 Å². The normalized spacial score (nSPS) is 16.6. The van der Waals surface area contributed by atoms with Gasteiger partial charge >= 0.3 is 0 Å². The highest BCUT2D eigenvalue weighted by atomic mass is 16.5. The van der Waals surface area contributed by atoms with Crippen LogP contribution in [0.5, 0.6) is 0 Å². The third-order valence-electron chi connectivity index (χ3n) is 7.05. The van der Waals surface area contributed by atoms with Gasteiger partial charge in [0.15, 0.2) is 5.82 Å². The number of aromatic nitrogens is 5. The SMILES string of the molecule is Cc1ccc(C(=O)Nc2cc(C(C)(C)C)on2)cc1-n1cc(-c2cncc(N3CCN(C)C(C)C3)c2)nn1. The van der Waals surface area contributed by atoms with Crippen LogP contribution in [0.3, 0.4) is 0 Å². The van der Waals surface area contributed by atoms with Gasteiger partial charge in [0.2, 0.25) is 0 Å². The quantitative estimate of drug-likeness (QED) is 0.420. The summed E-state index contributed by atoms with van der Waals surface area (Å²) in [6.45, 7) is 13.2. The third-order valence-corrected chi connectivity index (χ3v) is 7.05. The van der Waals surface area contributed by atoms with Gasteiger partial charge in [-0.05, 0) is 44.7 Å². The maximum absolute atomic E-state index is 13.0. The molecule has 1 atom stereocenters. The number of nitrogens with zero attached hydrogens (tertiary/aromatic N) is 7. The van der Waals surface area contributed by atoms with E-state index in [1.165, 1.54) is 0 Å².